The number of aromatic nitrogens is 1. The average Bonchev–Trinajstić information content (AvgIpc) is 2.84. The molecule has 0 bridgehead atoms. The molecule has 3 aromatic rings. The van der Waals surface area contributed by atoms with Crippen LogP contribution >= 0.6 is 0 Å². The highest BCUT2D eigenvalue weighted by Gasteiger charge is 2.39. The summed E-state index contributed by atoms with van der Waals surface area (Å²) in [7, 11) is 0. The van der Waals surface area contributed by atoms with Crippen LogP contribution in [0.3, 0.4) is 0 Å². The Morgan fingerprint density at radius 1 is 0.939 bits per heavy atom. The van der Waals surface area contributed by atoms with Crippen LogP contribution in [-0.4, -0.2) is 22.0 Å². The Kier molecular flexibility index (Phi) is 6.98. The zero-order valence-corrected chi connectivity index (χ0v) is 18.5. The second-order valence-corrected chi connectivity index (χ2v) is 8.70. The maximum absolute atomic E-state index is 13.5. The first-order valence-corrected chi connectivity index (χ1v) is 11.4. The van der Waals surface area contributed by atoms with Gasteiger partial charge < -0.3 is 10.4 Å². The minimum absolute atomic E-state index is 0.0415. The molecule has 1 fully saturated rings. The summed E-state index contributed by atoms with van der Waals surface area (Å²) in [6.07, 6.45) is 11.9. The van der Waals surface area contributed by atoms with Gasteiger partial charge in [-0.3, -0.25) is 9.78 Å². The fourth-order valence-electron chi connectivity index (χ4n) is 4.61. The molecule has 33 heavy (non-hydrogen) atoms. The van der Waals surface area contributed by atoms with E-state index in [1.807, 2.05) is 30.3 Å². The molecule has 168 valence electrons. The van der Waals surface area contributed by atoms with Crippen molar-refractivity contribution in [2.75, 3.05) is 5.32 Å². The van der Waals surface area contributed by atoms with Gasteiger partial charge in [0, 0.05) is 24.2 Å². The summed E-state index contributed by atoms with van der Waals surface area (Å²) in [5.74, 6) is -0.958. The van der Waals surface area contributed by atoms with E-state index in [1.165, 1.54) is 6.08 Å². The summed E-state index contributed by atoms with van der Waals surface area (Å²) in [5, 5.41) is 12.0. The smallest absolute Gasteiger partial charge is 0.328 e. The van der Waals surface area contributed by atoms with Crippen molar-refractivity contribution in [1.29, 1.82) is 0 Å². The van der Waals surface area contributed by atoms with Crippen molar-refractivity contribution < 1.29 is 14.7 Å². The zero-order valence-electron chi connectivity index (χ0n) is 18.5. The first-order valence-electron chi connectivity index (χ1n) is 11.4. The van der Waals surface area contributed by atoms with E-state index in [0.717, 1.165) is 60.4 Å². The third kappa shape index (κ3) is 5.75. The molecule has 1 aliphatic carbocycles. The third-order valence-corrected chi connectivity index (χ3v) is 6.37. The standard InChI is InChI=1S/C28H28N2O3/c31-26(32)12-9-21-5-4-6-25(19-21)30-27(33)28(15-2-1-3-16-28)20-22-7-10-23(11-8-22)24-13-17-29-18-14-24/h4-14,17-19H,1-3,15-16,20H2,(H,30,33)(H,31,32)/b12-9+. The van der Waals surface area contributed by atoms with E-state index >= 15 is 0 Å². The lowest BCUT2D eigenvalue weighted by Crippen LogP contribution is -2.40. The van der Waals surface area contributed by atoms with Gasteiger partial charge in [-0.2, -0.15) is 0 Å². The van der Waals surface area contributed by atoms with E-state index in [-0.39, 0.29) is 5.91 Å². The number of rotatable bonds is 7. The van der Waals surface area contributed by atoms with E-state index in [4.69, 9.17) is 5.11 Å². The Morgan fingerprint density at radius 3 is 2.33 bits per heavy atom. The van der Waals surface area contributed by atoms with Gasteiger partial charge in [-0.15, -0.1) is 0 Å². The van der Waals surface area contributed by atoms with Gasteiger partial charge in [-0.1, -0.05) is 55.7 Å². The lowest BCUT2D eigenvalue weighted by atomic mass is 9.69. The number of carbonyl (C=O) groups is 2. The van der Waals surface area contributed by atoms with Gasteiger partial charge in [-0.25, -0.2) is 4.79 Å². The fourth-order valence-corrected chi connectivity index (χ4v) is 4.61. The van der Waals surface area contributed by atoms with Crippen molar-refractivity contribution in [2.24, 2.45) is 5.41 Å². The van der Waals surface area contributed by atoms with Crippen molar-refractivity contribution in [1.82, 2.24) is 4.98 Å². The largest absolute Gasteiger partial charge is 0.478 e. The van der Waals surface area contributed by atoms with E-state index in [2.05, 4.69) is 34.6 Å². The predicted molar refractivity (Wildman–Crippen MR) is 131 cm³/mol. The number of amides is 1. The first kappa shape index (κ1) is 22.5. The van der Waals surface area contributed by atoms with Crippen LogP contribution in [0.2, 0.25) is 0 Å². The predicted octanol–water partition coefficient (Wildman–Crippen LogP) is 5.98. The highest BCUT2D eigenvalue weighted by molar-refractivity contribution is 5.96. The van der Waals surface area contributed by atoms with Crippen LogP contribution in [-0.2, 0) is 16.0 Å². The van der Waals surface area contributed by atoms with Gasteiger partial charge >= 0.3 is 5.97 Å². The van der Waals surface area contributed by atoms with Crippen molar-refractivity contribution >= 4 is 23.6 Å². The number of hydrogen-bond donors (Lipinski definition) is 2. The van der Waals surface area contributed by atoms with Crippen molar-refractivity contribution in [3.05, 3.63) is 90.3 Å². The minimum atomic E-state index is -0.999. The lowest BCUT2D eigenvalue weighted by molar-refractivity contribution is -0.131. The van der Waals surface area contributed by atoms with Crippen molar-refractivity contribution in [3.8, 4) is 11.1 Å². The summed E-state index contributed by atoms with van der Waals surface area (Å²) in [4.78, 5) is 28.4. The molecule has 0 radical (unpaired) electrons. The molecule has 2 N–H and O–H groups in total. The molecule has 2 aromatic carbocycles. The second kappa shape index (κ2) is 10.3. The van der Waals surface area contributed by atoms with Crippen molar-refractivity contribution in [3.63, 3.8) is 0 Å². The average molecular weight is 441 g/mol. The van der Waals surface area contributed by atoms with Gasteiger partial charge in [0.25, 0.3) is 0 Å². The van der Waals surface area contributed by atoms with E-state index in [1.54, 1.807) is 18.5 Å². The van der Waals surface area contributed by atoms with Crippen LogP contribution in [0, 0.1) is 5.41 Å². The maximum Gasteiger partial charge on any atom is 0.328 e. The highest BCUT2D eigenvalue weighted by atomic mass is 16.4. The summed E-state index contributed by atoms with van der Waals surface area (Å²) >= 11 is 0. The number of carboxylic acid groups (broad SMARTS) is 1. The lowest BCUT2D eigenvalue weighted by Gasteiger charge is -2.36. The molecule has 5 nitrogen and oxygen atoms in total. The molecule has 0 saturated heterocycles. The Morgan fingerprint density at radius 2 is 1.64 bits per heavy atom. The molecule has 0 atom stereocenters. The summed E-state index contributed by atoms with van der Waals surface area (Å²) in [6, 6.07) is 19.7. The van der Waals surface area contributed by atoms with Crippen LogP contribution in [0.1, 0.15) is 43.2 Å². The zero-order chi connectivity index (χ0) is 23.1. The van der Waals surface area contributed by atoms with Gasteiger partial charge in [0.05, 0.1) is 5.41 Å². The number of nitrogens with zero attached hydrogens (tertiary/aromatic N) is 1. The normalized spacial score (nSPS) is 15.3. The summed E-state index contributed by atoms with van der Waals surface area (Å²) in [6.45, 7) is 0. The van der Waals surface area contributed by atoms with Crippen LogP contribution in [0.15, 0.2) is 79.1 Å². The van der Waals surface area contributed by atoms with Gasteiger partial charge in [-0.05, 0) is 71.9 Å². The molecule has 1 heterocycles. The number of carboxylic acids is 1. The molecule has 5 heteroatoms. The highest BCUT2D eigenvalue weighted by Crippen LogP contribution is 2.40. The number of benzene rings is 2. The van der Waals surface area contributed by atoms with E-state index < -0.39 is 11.4 Å². The van der Waals surface area contributed by atoms with Gasteiger partial charge in [0.15, 0.2) is 0 Å². The molecule has 4 rings (SSSR count). The molecular formula is C28H28N2O3. The van der Waals surface area contributed by atoms with Gasteiger partial charge in [0.2, 0.25) is 5.91 Å². The number of hydrogen-bond acceptors (Lipinski definition) is 3. The Labute approximate surface area is 194 Å². The fraction of sp³-hybridized carbons (Fsp3) is 0.250. The van der Waals surface area contributed by atoms with Crippen LogP contribution in [0.5, 0.6) is 0 Å². The molecule has 0 spiro atoms. The van der Waals surface area contributed by atoms with E-state index in [0.29, 0.717) is 12.1 Å². The Bertz CT molecular complexity index is 1130. The summed E-state index contributed by atoms with van der Waals surface area (Å²) < 4.78 is 0. The quantitative estimate of drug-likeness (QED) is 0.443. The van der Waals surface area contributed by atoms with Crippen molar-refractivity contribution in [2.45, 2.75) is 38.5 Å². The number of anilines is 1. The van der Waals surface area contributed by atoms with Crippen LogP contribution < -0.4 is 5.32 Å². The molecule has 1 saturated carbocycles. The van der Waals surface area contributed by atoms with Crippen LogP contribution in [0.25, 0.3) is 17.2 Å². The topological polar surface area (TPSA) is 79.3 Å². The molecule has 1 aromatic heterocycles. The molecule has 0 aliphatic heterocycles. The Balaban J connectivity index is 1.52. The van der Waals surface area contributed by atoms with E-state index in [9.17, 15) is 9.59 Å². The number of nitrogens with one attached hydrogen (secondary N) is 1. The molecular weight excluding hydrogens is 412 g/mol. The number of carbonyl (C=O) groups excluding carboxylic acids is 1. The summed E-state index contributed by atoms with van der Waals surface area (Å²) in [5.41, 5.74) is 4.39. The maximum atomic E-state index is 13.5. The first-order chi connectivity index (χ1) is 16.0. The Hall–Kier alpha value is -3.73. The molecule has 0 unspecified atom stereocenters. The SMILES string of the molecule is O=C(O)/C=C/c1cccc(NC(=O)C2(Cc3ccc(-c4ccncc4)cc3)CCCCC2)c1. The molecule has 1 amide bonds. The second-order valence-electron chi connectivity index (χ2n) is 8.70. The number of pyridine rings is 1. The monoisotopic (exact) mass is 440 g/mol. The molecule has 1 aliphatic rings. The minimum Gasteiger partial charge on any atom is -0.478 e. The third-order valence-electron chi connectivity index (χ3n) is 6.37. The van der Waals surface area contributed by atoms with Gasteiger partial charge in [0.1, 0.15) is 0 Å². The van der Waals surface area contributed by atoms with Crippen LogP contribution in [0.4, 0.5) is 5.69 Å². The number of aliphatic carboxylic acids is 1.